The van der Waals surface area contributed by atoms with Gasteiger partial charge in [0, 0.05) is 36.5 Å². The van der Waals surface area contributed by atoms with Gasteiger partial charge in [-0.15, -0.1) is 0 Å². The minimum atomic E-state index is -1.00. The molecule has 0 aromatic heterocycles. The minimum Gasteiger partial charge on any atom is -0.480 e. The lowest BCUT2D eigenvalue weighted by molar-refractivity contribution is -0.148. The maximum atomic E-state index is 12.3. The molecule has 1 heterocycles. The van der Waals surface area contributed by atoms with Gasteiger partial charge in [0.15, 0.2) is 0 Å². The first-order chi connectivity index (χ1) is 10.4. The lowest BCUT2D eigenvalue weighted by Gasteiger charge is -2.21. The van der Waals surface area contributed by atoms with Crippen molar-refractivity contribution in [2.45, 2.75) is 31.4 Å². The second-order valence-electron chi connectivity index (χ2n) is 5.23. The number of halogens is 2. The molecule has 1 saturated heterocycles. The highest BCUT2D eigenvalue weighted by molar-refractivity contribution is 6.35. The van der Waals surface area contributed by atoms with Crippen LogP contribution in [0.4, 0.5) is 0 Å². The highest BCUT2D eigenvalue weighted by Crippen LogP contribution is 2.24. The molecule has 7 heteroatoms. The van der Waals surface area contributed by atoms with Crippen molar-refractivity contribution in [2.75, 3.05) is 13.7 Å². The van der Waals surface area contributed by atoms with Crippen LogP contribution in [0.25, 0.3) is 0 Å². The number of carbonyl (C=O) groups excluding carboxylic acids is 1. The van der Waals surface area contributed by atoms with E-state index in [1.54, 1.807) is 18.2 Å². The number of hydrogen-bond acceptors (Lipinski definition) is 3. The highest BCUT2D eigenvalue weighted by Gasteiger charge is 2.39. The van der Waals surface area contributed by atoms with Gasteiger partial charge in [-0.25, -0.2) is 4.79 Å². The molecule has 1 fully saturated rings. The molecule has 1 aliphatic rings. The van der Waals surface area contributed by atoms with Gasteiger partial charge in [0.1, 0.15) is 6.04 Å². The van der Waals surface area contributed by atoms with E-state index in [4.69, 9.17) is 27.9 Å². The molecule has 0 radical (unpaired) electrons. The summed E-state index contributed by atoms with van der Waals surface area (Å²) in [6, 6.07) is 4.29. The van der Waals surface area contributed by atoms with Crippen LogP contribution in [0.15, 0.2) is 18.2 Å². The molecular formula is C15H17Cl2NO4. The number of nitrogens with zero attached hydrogens (tertiary/aromatic N) is 1. The van der Waals surface area contributed by atoms with Crippen LogP contribution in [-0.4, -0.2) is 47.7 Å². The summed E-state index contributed by atoms with van der Waals surface area (Å²) in [5.41, 5.74) is 0.814. The van der Waals surface area contributed by atoms with E-state index in [1.165, 1.54) is 12.0 Å². The van der Waals surface area contributed by atoms with Gasteiger partial charge in [-0.3, -0.25) is 4.79 Å². The first-order valence-electron chi connectivity index (χ1n) is 6.91. The molecule has 1 aromatic carbocycles. The Morgan fingerprint density at radius 1 is 1.41 bits per heavy atom. The van der Waals surface area contributed by atoms with E-state index in [9.17, 15) is 14.7 Å². The molecule has 5 nitrogen and oxygen atoms in total. The van der Waals surface area contributed by atoms with Crippen molar-refractivity contribution < 1.29 is 19.4 Å². The Bertz CT molecular complexity index is 579. The zero-order valence-electron chi connectivity index (χ0n) is 12.1. The van der Waals surface area contributed by atoms with Crippen LogP contribution in [0.1, 0.15) is 18.4 Å². The third kappa shape index (κ3) is 3.91. The number of hydrogen-bond donors (Lipinski definition) is 1. The molecule has 1 aliphatic heterocycles. The van der Waals surface area contributed by atoms with Crippen LogP contribution in [0.2, 0.25) is 10.0 Å². The van der Waals surface area contributed by atoms with Crippen LogP contribution in [-0.2, 0) is 20.7 Å². The van der Waals surface area contributed by atoms with Crippen molar-refractivity contribution in [3.63, 3.8) is 0 Å². The van der Waals surface area contributed by atoms with Crippen LogP contribution >= 0.6 is 23.2 Å². The Balaban J connectivity index is 2.00. The number of aryl methyl sites for hydroxylation is 1. The van der Waals surface area contributed by atoms with E-state index in [0.29, 0.717) is 29.4 Å². The first kappa shape index (κ1) is 17.1. The van der Waals surface area contributed by atoms with Crippen LogP contribution in [0.3, 0.4) is 0 Å². The number of carboxylic acids is 1. The molecule has 0 bridgehead atoms. The maximum absolute atomic E-state index is 12.3. The number of ether oxygens (including phenoxy) is 1. The standard InChI is InChI=1S/C15H17Cl2NO4/c1-22-11-7-13(15(20)21)18(8-11)14(19)5-3-9-2-4-10(16)6-12(9)17/h2,4,6,11,13H,3,5,7-8H2,1H3,(H,20,21). The SMILES string of the molecule is COC1CC(C(=O)O)N(C(=O)CCc2ccc(Cl)cc2Cl)C1. The molecule has 2 rings (SSSR count). The molecule has 2 unspecified atom stereocenters. The molecular weight excluding hydrogens is 329 g/mol. The van der Waals surface area contributed by atoms with Gasteiger partial charge < -0.3 is 14.7 Å². The third-order valence-corrected chi connectivity index (χ3v) is 4.41. The second kappa shape index (κ2) is 7.31. The van der Waals surface area contributed by atoms with Crippen molar-refractivity contribution in [3.8, 4) is 0 Å². The molecule has 0 spiro atoms. The molecule has 0 saturated carbocycles. The molecule has 0 aliphatic carbocycles. The largest absolute Gasteiger partial charge is 0.480 e. The van der Waals surface area contributed by atoms with E-state index in [-0.39, 0.29) is 18.4 Å². The quantitative estimate of drug-likeness (QED) is 0.890. The number of amides is 1. The smallest absolute Gasteiger partial charge is 0.326 e. The predicted octanol–water partition coefficient (Wildman–Crippen LogP) is 2.63. The molecule has 120 valence electrons. The Labute approximate surface area is 138 Å². The Morgan fingerprint density at radius 2 is 2.14 bits per heavy atom. The van der Waals surface area contributed by atoms with Gasteiger partial charge in [-0.2, -0.15) is 0 Å². The zero-order chi connectivity index (χ0) is 16.3. The van der Waals surface area contributed by atoms with Crippen LogP contribution < -0.4 is 0 Å². The Hall–Kier alpha value is -1.30. The monoisotopic (exact) mass is 345 g/mol. The fourth-order valence-electron chi connectivity index (χ4n) is 2.59. The lowest BCUT2D eigenvalue weighted by atomic mass is 10.1. The minimum absolute atomic E-state index is 0.196. The fraction of sp³-hybridized carbons (Fsp3) is 0.467. The van der Waals surface area contributed by atoms with Crippen molar-refractivity contribution in [2.24, 2.45) is 0 Å². The molecule has 22 heavy (non-hydrogen) atoms. The Morgan fingerprint density at radius 3 is 2.73 bits per heavy atom. The summed E-state index contributed by atoms with van der Waals surface area (Å²) in [6.45, 7) is 0.306. The third-order valence-electron chi connectivity index (χ3n) is 3.82. The molecule has 1 amide bonds. The number of methoxy groups -OCH3 is 1. The van der Waals surface area contributed by atoms with E-state index in [2.05, 4.69) is 0 Å². The van der Waals surface area contributed by atoms with Gasteiger partial charge >= 0.3 is 5.97 Å². The normalized spacial score (nSPS) is 21.1. The summed E-state index contributed by atoms with van der Waals surface area (Å²) in [4.78, 5) is 24.9. The van der Waals surface area contributed by atoms with E-state index >= 15 is 0 Å². The topological polar surface area (TPSA) is 66.8 Å². The maximum Gasteiger partial charge on any atom is 0.326 e. The van der Waals surface area contributed by atoms with Gasteiger partial charge in [-0.1, -0.05) is 29.3 Å². The molecule has 2 atom stereocenters. The summed E-state index contributed by atoms with van der Waals surface area (Å²) < 4.78 is 5.17. The van der Waals surface area contributed by atoms with E-state index in [0.717, 1.165) is 5.56 Å². The van der Waals surface area contributed by atoms with Crippen LogP contribution in [0.5, 0.6) is 0 Å². The Kier molecular flexibility index (Phi) is 5.67. The number of rotatable bonds is 5. The highest BCUT2D eigenvalue weighted by atomic mass is 35.5. The van der Waals surface area contributed by atoms with Gasteiger partial charge in [0.25, 0.3) is 0 Å². The number of benzene rings is 1. The lowest BCUT2D eigenvalue weighted by Crippen LogP contribution is -2.40. The molecule has 1 aromatic rings. The second-order valence-corrected chi connectivity index (χ2v) is 6.07. The number of likely N-dealkylation sites (tertiary alicyclic amines) is 1. The summed E-state index contributed by atoms with van der Waals surface area (Å²) in [7, 11) is 1.52. The summed E-state index contributed by atoms with van der Waals surface area (Å²) in [6.07, 6.45) is 0.722. The average Bonchev–Trinajstić information content (AvgIpc) is 2.90. The summed E-state index contributed by atoms with van der Waals surface area (Å²) in [5, 5.41) is 10.3. The van der Waals surface area contributed by atoms with Gasteiger partial charge in [-0.05, 0) is 24.1 Å². The number of aliphatic carboxylic acids is 1. The average molecular weight is 346 g/mol. The summed E-state index contributed by atoms with van der Waals surface area (Å²) >= 11 is 11.9. The van der Waals surface area contributed by atoms with Crippen molar-refractivity contribution in [1.82, 2.24) is 4.90 Å². The van der Waals surface area contributed by atoms with Crippen molar-refractivity contribution >= 4 is 35.1 Å². The van der Waals surface area contributed by atoms with Crippen molar-refractivity contribution in [3.05, 3.63) is 33.8 Å². The predicted molar refractivity (Wildman–Crippen MR) is 83.3 cm³/mol. The van der Waals surface area contributed by atoms with Crippen LogP contribution in [0, 0.1) is 0 Å². The zero-order valence-corrected chi connectivity index (χ0v) is 13.6. The van der Waals surface area contributed by atoms with Gasteiger partial charge in [0.2, 0.25) is 5.91 Å². The van der Waals surface area contributed by atoms with Gasteiger partial charge in [0.05, 0.1) is 6.10 Å². The number of carboxylic acid groups (broad SMARTS) is 1. The van der Waals surface area contributed by atoms with E-state index in [1.807, 2.05) is 0 Å². The first-order valence-corrected chi connectivity index (χ1v) is 7.67. The summed E-state index contributed by atoms with van der Waals surface area (Å²) in [5.74, 6) is -1.21. The fourth-order valence-corrected chi connectivity index (χ4v) is 3.09. The molecule has 1 N–H and O–H groups in total. The van der Waals surface area contributed by atoms with E-state index < -0.39 is 12.0 Å². The van der Waals surface area contributed by atoms with Crippen molar-refractivity contribution in [1.29, 1.82) is 0 Å². The number of carbonyl (C=O) groups is 2.